The molecule has 18 heavy (non-hydrogen) atoms. The number of hydrogen-bond donors (Lipinski definition) is 2. The van der Waals surface area contributed by atoms with E-state index in [4.69, 9.17) is 0 Å². The zero-order chi connectivity index (χ0) is 13.0. The smallest absolute Gasteiger partial charge is 0.0662 e. The van der Waals surface area contributed by atoms with Gasteiger partial charge in [0.2, 0.25) is 0 Å². The van der Waals surface area contributed by atoms with Crippen LogP contribution in [0, 0.1) is 0 Å². The van der Waals surface area contributed by atoms with Gasteiger partial charge < -0.3 is 10.4 Å². The third-order valence-corrected chi connectivity index (χ3v) is 3.40. The summed E-state index contributed by atoms with van der Waals surface area (Å²) in [7, 11) is 0. The molecule has 2 nitrogen and oxygen atoms in total. The number of hydrogen-bond acceptors (Lipinski definition) is 2. The van der Waals surface area contributed by atoms with E-state index in [1.165, 1.54) is 16.3 Å². The quantitative estimate of drug-likeness (QED) is 0.844. The Kier molecular flexibility index (Phi) is 4.34. The number of benzene rings is 2. The Hall–Kier alpha value is -1.38. The van der Waals surface area contributed by atoms with E-state index in [9.17, 15) is 5.11 Å². The Morgan fingerprint density at radius 1 is 1.11 bits per heavy atom. The first-order valence-electron chi connectivity index (χ1n) is 6.61. The van der Waals surface area contributed by atoms with E-state index in [0.717, 1.165) is 6.42 Å². The molecule has 0 spiro atoms. The second-order valence-corrected chi connectivity index (χ2v) is 4.80. The maximum absolute atomic E-state index is 9.56. The summed E-state index contributed by atoms with van der Waals surface area (Å²) in [6, 6.07) is 15.1. The lowest BCUT2D eigenvalue weighted by Gasteiger charge is -2.17. The molecule has 0 amide bonds. The second-order valence-electron chi connectivity index (χ2n) is 4.80. The second kappa shape index (κ2) is 5.98. The summed E-state index contributed by atoms with van der Waals surface area (Å²) in [5.74, 6) is 0. The van der Waals surface area contributed by atoms with Gasteiger partial charge in [0.25, 0.3) is 0 Å². The Balaban J connectivity index is 2.10. The van der Waals surface area contributed by atoms with Crippen LogP contribution in [-0.4, -0.2) is 17.8 Å². The number of aliphatic hydroxyl groups is 1. The molecule has 2 N–H and O–H groups in total. The van der Waals surface area contributed by atoms with Crippen LogP contribution in [0.5, 0.6) is 0 Å². The summed E-state index contributed by atoms with van der Waals surface area (Å²) >= 11 is 0. The Labute approximate surface area is 109 Å². The van der Waals surface area contributed by atoms with Crippen LogP contribution in [0.1, 0.15) is 31.9 Å². The predicted octanol–water partition coefficient (Wildman–Crippen LogP) is 3.26. The van der Waals surface area contributed by atoms with Crippen LogP contribution in [0.15, 0.2) is 42.5 Å². The van der Waals surface area contributed by atoms with Crippen molar-refractivity contribution in [3.8, 4) is 0 Å². The van der Waals surface area contributed by atoms with Gasteiger partial charge in [0.05, 0.1) is 6.10 Å². The zero-order valence-electron chi connectivity index (χ0n) is 11.1. The molecule has 0 saturated heterocycles. The van der Waals surface area contributed by atoms with Crippen LogP contribution >= 0.6 is 0 Å². The van der Waals surface area contributed by atoms with Crippen molar-refractivity contribution in [1.29, 1.82) is 0 Å². The van der Waals surface area contributed by atoms with E-state index in [-0.39, 0.29) is 12.1 Å². The highest BCUT2D eigenvalue weighted by molar-refractivity contribution is 5.83. The molecule has 0 bridgehead atoms. The van der Waals surface area contributed by atoms with Crippen LogP contribution in [0.4, 0.5) is 0 Å². The molecule has 2 aromatic carbocycles. The Morgan fingerprint density at radius 2 is 1.83 bits per heavy atom. The molecule has 0 saturated carbocycles. The molecule has 0 radical (unpaired) electrons. The maximum Gasteiger partial charge on any atom is 0.0662 e. The van der Waals surface area contributed by atoms with Gasteiger partial charge in [-0.05, 0) is 35.7 Å². The molecule has 0 aliphatic carbocycles. The van der Waals surface area contributed by atoms with Crippen LogP contribution in [-0.2, 0) is 0 Å². The third kappa shape index (κ3) is 3.09. The first-order valence-corrected chi connectivity index (χ1v) is 6.61. The van der Waals surface area contributed by atoms with Crippen molar-refractivity contribution in [3.05, 3.63) is 48.0 Å². The van der Waals surface area contributed by atoms with E-state index in [2.05, 4.69) is 54.7 Å². The normalized spacial score (nSPS) is 14.6. The van der Waals surface area contributed by atoms with Crippen molar-refractivity contribution in [2.45, 2.75) is 32.4 Å². The van der Waals surface area contributed by atoms with Gasteiger partial charge in [-0.25, -0.2) is 0 Å². The van der Waals surface area contributed by atoms with Crippen molar-refractivity contribution in [3.63, 3.8) is 0 Å². The fourth-order valence-corrected chi connectivity index (χ4v) is 2.05. The molecular formula is C16H21NO. The molecule has 2 unspecified atom stereocenters. The lowest BCUT2D eigenvalue weighted by Crippen LogP contribution is -2.28. The molecule has 96 valence electrons. The molecule has 2 atom stereocenters. The van der Waals surface area contributed by atoms with Crippen molar-refractivity contribution in [1.82, 2.24) is 5.32 Å². The topological polar surface area (TPSA) is 32.3 Å². The summed E-state index contributed by atoms with van der Waals surface area (Å²) < 4.78 is 0. The Morgan fingerprint density at radius 3 is 2.56 bits per heavy atom. The molecule has 0 aliphatic heterocycles. The van der Waals surface area contributed by atoms with Crippen molar-refractivity contribution in [2.24, 2.45) is 0 Å². The summed E-state index contributed by atoms with van der Waals surface area (Å²) in [5, 5.41) is 15.5. The monoisotopic (exact) mass is 243 g/mol. The van der Waals surface area contributed by atoms with Gasteiger partial charge in [0.1, 0.15) is 0 Å². The van der Waals surface area contributed by atoms with E-state index in [1.807, 2.05) is 6.92 Å². The number of rotatable bonds is 5. The highest BCUT2D eigenvalue weighted by atomic mass is 16.3. The molecule has 0 fully saturated rings. The molecular weight excluding hydrogens is 222 g/mol. The first kappa shape index (κ1) is 13.1. The fourth-order valence-electron chi connectivity index (χ4n) is 2.05. The third-order valence-electron chi connectivity index (χ3n) is 3.40. The van der Waals surface area contributed by atoms with Crippen molar-refractivity contribution >= 4 is 10.8 Å². The minimum absolute atomic E-state index is 0.257. The SMILES string of the molecule is CCC(O)CNC(C)c1ccc2ccccc2c1. The van der Waals surface area contributed by atoms with Gasteiger partial charge >= 0.3 is 0 Å². The largest absolute Gasteiger partial charge is 0.392 e. The summed E-state index contributed by atoms with van der Waals surface area (Å²) in [5.41, 5.74) is 1.26. The molecule has 0 aliphatic rings. The van der Waals surface area contributed by atoms with Gasteiger partial charge in [-0.1, -0.05) is 43.3 Å². The summed E-state index contributed by atoms with van der Waals surface area (Å²) in [4.78, 5) is 0. The summed E-state index contributed by atoms with van der Waals surface area (Å²) in [6.07, 6.45) is 0.533. The van der Waals surface area contributed by atoms with Gasteiger partial charge in [0.15, 0.2) is 0 Å². The van der Waals surface area contributed by atoms with Crippen LogP contribution in [0.2, 0.25) is 0 Å². The standard InChI is InChI=1S/C16H21NO/c1-3-16(18)11-17-12(2)14-9-8-13-6-4-5-7-15(13)10-14/h4-10,12,16-18H,3,11H2,1-2H3. The molecule has 0 aromatic heterocycles. The maximum atomic E-state index is 9.56. The van der Waals surface area contributed by atoms with Crippen molar-refractivity contribution in [2.75, 3.05) is 6.54 Å². The van der Waals surface area contributed by atoms with Gasteiger partial charge in [-0.3, -0.25) is 0 Å². The Bertz CT molecular complexity index is 509. The number of nitrogens with one attached hydrogen (secondary N) is 1. The lowest BCUT2D eigenvalue weighted by molar-refractivity contribution is 0.164. The first-order chi connectivity index (χ1) is 8.70. The van der Waals surface area contributed by atoms with E-state index in [0.29, 0.717) is 6.54 Å². The number of fused-ring (bicyclic) bond motifs is 1. The number of aliphatic hydroxyl groups excluding tert-OH is 1. The highest BCUT2D eigenvalue weighted by Crippen LogP contribution is 2.20. The van der Waals surface area contributed by atoms with Crippen LogP contribution in [0.3, 0.4) is 0 Å². The van der Waals surface area contributed by atoms with Gasteiger partial charge in [-0.2, -0.15) is 0 Å². The molecule has 2 rings (SSSR count). The van der Waals surface area contributed by atoms with E-state index < -0.39 is 0 Å². The van der Waals surface area contributed by atoms with E-state index >= 15 is 0 Å². The average molecular weight is 243 g/mol. The predicted molar refractivity (Wildman–Crippen MR) is 76.7 cm³/mol. The molecule has 0 heterocycles. The lowest BCUT2D eigenvalue weighted by atomic mass is 10.0. The molecule has 2 heteroatoms. The minimum atomic E-state index is -0.257. The van der Waals surface area contributed by atoms with Crippen molar-refractivity contribution < 1.29 is 5.11 Å². The highest BCUT2D eigenvalue weighted by Gasteiger charge is 2.07. The van der Waals surface area contributed by atoms with Crippen LogP contribution in [0.25, 0.3) is 10.8 Å². The zero-order valence-corrected chi connectivity index (χ0v) is 11.1. The van der Waals surface area contributed by atoms with Gasteiger partial charge in [-0.15, -0.1) is 0 Å². The fraction of sp³-hybridized carbons (Fsp3) is 0.375. The summed E-state index contributed by atoms with van der Waals surface area (Å²) in [6.45, 7) is 4.77. The molecule has 2 aromatic rings. The average Bonchev–Trinajstić information content (AvgIpc) is 2.43. The van der Waals surface area contributed by atoms with E-state index in [1.54, 1.807) is 0 Å². The minimum Gasteiger partial charge on any atom is -0.392 e. The van der Waals surface area contributed by atoms with Gasteiger partial charge in [0, 0.05) is 12.6 Å². The van der Waals surface area contributed by atoms with Crippen LogP contribution < -0.4 is 5.32 Å².